The molecule has 0 amide bonds. The van der Waals surface area contributed by atoms with Gasteiger partial charge in [-0.1, -0.05) is 0 Å². The average molecular weight is 269 g/mol. The SMILES string of the molecule is COc1cc(OC)c(C(N)CC(=O)O)cc1C(=O)O. The first-order valence-electron chi connectivity index (χ1n) is 5.37. The van der Waals surface area contributed by atoms with Crippen LogP contribution in [-0.2, 0) is 4.79 Å². The summed E-state index contributed by atoms with van der Waals surface area (Å²) < 4.78 is 10.0. The van der Waals surface area contributed by atoms with E-state index in [1.54, 1.807) is 0 Å². The average Bonchev–Trinajstić information content (AvgIpc) is 2.35. The van der Waals surface area contributed by atoms with Gasteiger partial charge in [-0.3, -0.25) is 4.79 Å². The van der Waals surface area contributed by atoms with Crippen molar-refractivity contribution in [3.63, 3.8) is 0 Å². The van der Waals surface area contributed by atoms with E-state index in [2.05, 4.69) is 0 Å². The Balaban J connectivity index is 3.32. The van der Waals surface area contributed by atoms with E-state index in [4.69, 9.17) is 25.4 Å². The topological polar surface area (TPSA) is 119 Å². The lowest BCUT2D eigenvalue weighted by Gasteiger charge is -2.16. The van der Waals surface area contributed by atoms with Gasteiger partial charge in [0.15, 0.2) is 0 Å². The van der Waals surface area contributed by atoms with Crippen LogP contribution in [0, 0.1) is 0 Å². The predicted octanol–water partition coefficient (Wildman–Crippen LogP) is 0.876. The van der Waals surface area contributed by atoms with Gasteiger partial charge in [-0.15, -0.1) is 0 Å². The van der Waals surface area contributed by atoms with E-state index in [9.17, 15) is 9.59 Å². The van der Waals surface area contributed by atoms with Crippen LogP contribution in [0.3, 0.4) is 0 Å². The summed E-state index contributed by atoms with van der Waals surface area (Å²) >= 11 is 0. The summed E-state index contributed by atoms with van der Waals surface area (Å²) in [4.78, 5) is 21.8. The van der Waals surface area contributed by atoms with Gasteiger partial charge < -0.3 is 25.4 Å². The molecule has 1 aromatic carbocycles. The molecule has 1 rings (SSSR count). The molecule has 0 heterocycles. The fourth-order valence-corrected chi connectivity index (χ4v) is 1.68. The van der Waals surface area contributed by atoms with Crippen LogP contribution >= 0.6 is 0 Å². The van der Waals surface area contributed by atoms with Gasteiger partial charge in [0.1, 0.15) is 17.1 Å². The number of ether oxygens (including phenoxy) is 2. The fraction of sp³-hybridized carbons (Fsp3) is 0.333. The van der Waals surface area contributed by atoms with Gasteiger partial charge in [0.2, 0.25) is 0 Å². The molecule has 0 saturated heterocycles. The van der Waals surface area contributed by atoms with Crippen LogP contribution in [0.4, 0.5) is 0 Å². The van der Waals surface area contributed by atoms with Crippen LogP contribution in [0.5, 0.6) is 11.5 Å². The Bertz CT molecular complexity index is 499. The smallest absolute Gasteiger partial charge is 0.339 e. The maximum absolute atomic E-state index is 11.1. The largest absolute Gasteiger partial charge is 0.496 e. The fourth-order valence-electron chi connectivity index (χ4n) is 1.68. The molecule has 0 aromatic heterocycles. The maximum Gasteiger partial charge on any atom is 0.339 e. The number of rotatable bonds is 6. The third kappa shape index (κ3) is 3.35. The van der Waals surface area contributed by atoms with E-state index < -0.39 is 18.0 Å². The molecule has 0 saturated carbocycles. The molecule has 0 radical (unpaired) electrons. The number of methoxy groups -OCH3 is 2. The summed E-state index contributed by atoms with van der Waals surface area (Å²) in [6, 6.07) is 1.78. The highest BCUT2D eigenvalue weighted by Gasteiger charge is 2.21. The summed E-state index contributed by atoms with van der Waals surface area (Å²) in [5.74, 6) is -1.86. The lowest BCUT2D eigenvalue weighted by Crippen LogP contribution is -2.17. The molecular formula is C12H15NO6. The van der Waals surface area contributed by atoms with E-state index >= 15 is 0 Å². The van der Waals surface area contributed by atoms with E-state index in [-0.39, 0.29) is 23.5 Å². The van der Waals surface area contributed by atoms with Crippen molar-refractivity contribution in [3.8, 4) is 11.5 Å². The number of carboxylic acids is 2. The standard InChI is InChI=1S/C12H15NO6/c1-18-9-5-10(19-2)7(12(16)17)3-6(9)8(13)4-11(14)15/h3,5,8H,4,13H2,1-2H3,(H,14,15)(H,16,17). The zero-order valence-electron chi connectivity index (χ0n) is 10.5. The number of aromatic carboxylic acids is 1. The van der Waals surface area contributed by atoms with Crippen molar-refractivity contribution in [1.82, 2.24) is 0 Å². The molecule has 0 aliphatic carbocycles. The molecule has 1 unspecified atom stereocenters. The second kappa shape index (κ2) is 6.05. The number of carboxylic acid groups (broad SMARTS) is 2. The molecule has 0 aliphatic rings. The Morgan fingerprint density at radius 2 is 1.79 bits per heavy atom. The van der Waals surface area contributed by atoms with Gasteiger partial charge in [0, 0.05) is 17.7 Å². The molecule has 1 aromatic rings. The number of hydrogen-bond donors (Lipinski definition) is 3. The van der Waals surface area contributed by atoms with E-state index in [0.717, 1.165) is 0 Å². The number of carbonyl (C=O) groups is 2. The van der Waals surface area contributed by atoms with Crippen LogP contribution in [0.25, 0.3) is 0 Å². The van der Waals surface area contributed by atoms with Crippen LogP contribution in [-0.4, -0.2) is 36.4 Å². The highest BCUT2D eigenvalue weighted by molar-refractivity contribution is 5.91. The van der Waals surface area contributed by atoms with Crippen molar-refractivity contribution in [2.75, 3.05) is 14.2 Å². The Morgan fingerprint density at radius 3 is 2.21 bits per heavy atom. The van der Waals surface area contributed by atoms with Gasteiger partial charge in [-0.25, -0.2) is 4.79 Å². The third-order valence-electron chi connectivity index (χ3n) is 2.58. The van der Waals surface area contributed by atoms with Crippen molar-refractivity contribution in [2.45, 2.75) is 12.5 Å². The first kappa shape index (κ1) is 14.8. The third-order valence-corrected chi connectivity index (χ3v) is 2.58. The highest BCUT2D eigenvalue weighted by Crippen LogP contribution is 2.33. The lowest BCUT2D eigenvalue weighted by molar-refractivity contribution is -0.137. The normalized spacial score (nSPS) is 11.7. The summed E-state index contributed by atoms with van der Waals surface area (Å²) in [7, 11) is 2.71. The molecule has 0 aliphatic heterocycles. The minimum absolute atomic E-state index is 0.0980. The van der Waals surface area contributed by atoms with Crippen LogP contribution < -0.4 is 15.2 Å². The van der Waals surface area contributed by atoms with Crippen molar-refractivity contribution < 1.29 is 29.3 Å². The molecular weight excluding hydrogens is 254 g/mol. The van der Waals surface area contributed by atoms with Crippen molar-refractivity contribution >= 4 is 11.9 Å². The number of aliphatic carboxylic acids is 1. The minimum atomic E-state index is -1.19. The molecule has 19 heavy (non-hydrogen) atoms. The summed E-state index contributed by atoms with van der Waals surface area (Å²) in [6.45, 7) is 0. The van der Waals surface area contributed by atoms with E-state index in [1.807, 2.05) is 0 Å². The molecule has 4 N–H and O–H groups in total. The number of benzene rings is 1. The molecule has 7 nitrogen and oxygen atoms in total. The maximum atomic E-state index is 11.1. The minimum Gasteiger partial charge on any atom is -0.496 e. The van der Waals surface area contributed by atoms with Gasteiger partial charge in [0.05, 0.1) is 20.6 Å². The molecule has 0 spiro atoms. The van der Waals surface area contributed by atoms with Gasteiger partial charge in [0.25, 0.3) is 0 Å². The highest BCUT2D eigenvalue weighted by atomic mass is 16.5. The van der Waals surface area contributed by atoms with Crippen molar-refractivity contribution in [1.29, 1.82) is 0 Å². The molecule has 0 bridgehead atoms. The molecule has 104 valence electrons. The first-order valence-corrected chi connectivity index (χ1v) is 5.37. The summed E-state index contributed by atoms with van der Waals surface area (Å²) in [5, 5.41) is 17.8. The lowest BCUT2D eigenvalue weighted by atomic mass is 10.00. The zero-order chi connectivity index (χ0) is 14.6. The van der Waals surface area contributed by atoms with Crippen LogP contribution in [0.1, 0.15) is 28.4 Å². The monoisotopic (exact) mass is 269 g/mol. The second-order valence-electron chi connectivity index (χ2n) is 3.80. The first-order chi connectivity index (χ1) is 8.90. The Hall–Kier alpha value is -2.28. The van der Waals surface area contributed by atoms with Crippen LogP contribution in [0.2, 0.25) is 0 Å². The zero-order valence-corrected chi connectivity index (χ0v) is 10.5. The van der Waals surface area contributed by atoms with E-state index in [1.165, 1.54) is 26.4 Å². The Morgan fingerprint density at radius 1 is 1.21 bits per heavy atom. The van der Waals surface area contributed by atoms with Gasteiger partial charge in [-0.05, 0) is 6.07 Å². The van der Waals surface area contributed by atoms with Crippen molar-refractivity contribution in [3.05, 3.63) is 23.3 Å². The number of hydrogen-bond acceptors (Lipinski definition) is 5. The van der Waals surface area contributed by atoms with E-state index in [0.29, 0.717) is 5.56 Å². The van der Waals surface area contributed by atoms with Gasteiger partial charge in [-0.2, -0.15) is 0 Å². The second-order valence-corrected chi connectivity index (χ2v) is 3.80. The molecule has 0 fully saturated rings. The molecule has 1 atom stereocenters. The quantitative estimate of drug-likeness (QED) is 0.701. The summed E-state index contributed by atoms with van der Waals surface area (Å²) in [6.07, 6.45) is -0.332. The van der Waals surface area contributed by atoms with Gasteiger partial charge >= 0.3 is 11.9 Å². The Labute approximate surface area is 109 Å². The van der Waals surface area contributed by atoms with Crippen LogP contribution in [0.15, 0.2) is 12.1 Å². The van der Waals surface area contributed by atoms with Crippen molar-refractivity contribution in [2.24, 2.45) is 5.73 Å². The summed E-state index contributed by atoms with van der Waals surface area (Å²) in [5.41, 5.74) is 5.95. The molecule has 7 heteroatoms. The number of nitrogens with two attached hydrogens (primary N) is 1. The Kier molecular flexibility index (Phi) is 4.71. The predicted molar refractivity (Wildman–Crippen MR) is 65.7 cm³/mol.